The van der Waals surface area contributed by atoms with Crippen LogP contribution in [0.1, 0.15) is 15.3 Å². The summed E-state index contributed by atoms with van der Waals surface area (Å²) in [5.74, 6) is 0. The van der Waals surface area contributed by atoms with Crippen LogP contribution in [0.3, 0.4) is 0 Å². The molecule has 0 N–H and O–H groups in total. The van der Waals surface area contributed by atoms with E-state index < -0.39 is 0 Å². The first kappa shape index (κ1) is 11.2. The molecule has 0 saturated heterocycles. The van der Waals surface area contributed by atoms with Crippen molar-refractivity contribution in [1.82, 2.24) is 0 Å². The van der Waals surface area contributed by atoms with Gasteiger partial charge in [0.15, 0.2) is 0 Å². The molecule has 1 unspecified atom stereocenters. The average molecular weight is 302 g/mol. The fourth-order valence-corrected chi connectivity index (χ4v) is 3.56. The van der Waals surface area contributed by atoms with Crippen molar-refractivity contribution in [3.8, 4) is 0 Å². The van der Waals surface area contributed by atoms with Crippen LogP contribution in [-0.2, 0) is 6.42 Å². The zero-order valence-electron chi connectivity index (χ0n) is 7.99. The molecule has 0 saturated carbocycles. The van der Waals surface area contributed by atoms with Crippen molar-refractivity contribution < 1.29 is 0 Å². The van der Waals surface area contributed by atoms with Crippen molar-refractivity contribution in [2.24, 2.45) is 0 Å². The number of halogens is 2. The molecule has 0 aliphatic rings. The van der Waals surface area contributed by atoms with Gasteiger partial charge in [-0.05, 0) is 29.5 Å². The van der Waals surface area contributed by atoms with E-state index in [1.165, 1.54) is 4.88 Å². The Kier molecular flexibility index (Phi) is 3.84. The molecule has 2 rings (SSSR count). The summed E-state index contributed by atoms with van der Waals surface area (Å²) in [4.78, 5) is 1.67. The van der Waals surface area contributed by atoms with E-state index in [0.717, 1.165) is 17.0 Å². The number of alkyl halides is 1. The lowest BCUT2D eigenvalue weighted by molar-refractivity contribution is 0.969. The molecule has 1 aromatic carbocycles. The molecular weight excluding hydrogens is 292 g/mol. The fourth-order valence-electron chi connectivity index (χ4n) is 1.44. The normalized spacial score (nSPS) is 12.7. The molecule has 0 radical (unpaired) electrons. The van der Waals surface area contributed by atoms with Gasteiger partial charge >= 0.3 is 0 Å². The van der Waals surface area contributed by atoms with E-state index in [9.17, 15) is 0 Å². The van der Waals surface area contributed by atoms with Gasteiger partial charge in [0, 0.05) is 14.7 Å². The Morgan fingerprint density at radius 3 is 2.67 bits per heavy atom. The number of thiophene rings is 1. The largest absolute Gasteiger partial charge is 0.149 e. The predicted molar refractivity (Wildman–Crippen MR) is 71.1 cm³/mol. The highest BCUT2D eigenvalue weighted by Crippen LogP contribution is 2.32. The van der Waals surface area contributed by atoms with E-state index in [0.29, 0.717) is 4.83 Å². The van der Waals surface area contributed by atoms with Crippen molar-refractivity contribution in [1.29, 1.82) is 0 Å². The molecule has 0 aliphatic carbocycles. The number of hydrogen-bond donors (Lipinski definition) is 0. The first-order chi connectivity index (χ1) is 7.27. The smallest absolute Gasteiger partial charge is 0.0458 e. The third kappa shape index (κ3) is 2.83. The predicted octanol–water partition coefficient (Wildman–Crippen LogP) is 5.08. The van der Waals surface area contributed by atoms with E-state index in [1.807, 2.05) is 18.2 Å². The zero-order chi connectivity index (χ0) is 10.7. The lowest BCUT2D eigenvalue weighted by Gasteiger charge is -2.10. The van der Waals surface area contributed by atoms with E-state index in [4.69, 9.17) is 11.6 Å². The van der Waals surface area contributed by atoms with Crippen molar-refractivity contribution in [2.45, 2.75) is 11.2 Å². The highest BCUT2D eigenvalue weighted by atomic mass is 79.9. The minimum absolute atomic E-state index is 0.296. The summed E-state index contributed by atoms with van der Waals surface area (Å²) in [6, 6.07) is 12.2. The van der Waals surface area contributed by atoms with Crippen molar-refractivity contribution in [3.63, 3.8) is 0 Å². The highest BCUT2D eigenvalue weighted by Gasteiger charge is 2.11. The van der Waals surface area contributed by atoms with Crippen LogP contribution in [0.25, 0.3) is 0 Å². The Hall–Kier alpha value is -0.310. The van der Waals surface area contributed by atoms with Crippen LogP contribution in [0.4, 0.5) is 0 Å². The minimum atomic E-state index is 0.296. The van der Waals surface area contributed by atoms with Gasteiger partial charge in [-0.15, -0.1) is 11.3 Å². The summed E-state index contributed by atoms with van der Waals surface area (Å²) in [6.07, 6.45) is 0.988. The topological polar surface area (TPSA) is 0 Å². The Morgan fingerprint density at radius 2 is 2.00 bits per heavy atom. The third-order valence-electron chi connectivity index (χ3n) is 2.20. The molecule has 2 aromatic rings. The molecule has 0 nitrogen and oxygen atoms in total. The highest BCUT2D eigenvalue weighted by molar-refractivity contribution is 9.09. The van der Waals surface area contributed by atoms with Crippen LogP contribution in [0.15, 0.2) is 41.8 Å². The van der Waals surface area contributed by atoms with Crippen LogP contribution >= 0.6 is 38.9 Å². The van der Waals surface area contributed by atoms with Crippen LogP contribution < -0.4 is 0 Å². The van der Waals surface area contributed by atoms with Gasteiger partial charge in [0.1, 0.15) is 0 Å². The second-order valence-corrected chi connectivity index (χ2v) is 5.82. The summed E-state index contributed by atoms with van der Waals surface area (Å²) in [7, 11) is 0. The Labute approximate surface area is 107 Å². The number of hydrogen-bond acceptors (Lipinski definition) is 1. The molecule has 0 aliphatic heterocycles. The van der Waals surface area contributed by atoms with Crippen molar-refractivity contribution >= 4 is 38.9 Å². The molecule has 3 heteroatoms. The Balaban J connectivity index is 2.15. The van der Waals surface area contributed by atoms with Crippen LogP contribution in [0.2, 0.25) is 5.02 Å². The molecular formula is C12H10BrClS. The lowest BCUT2D eigenvalue weighted by Crippen LogP contribution is -1.94. The van der Waals surface area contributed by atoms with E-state index in [-0.39, 0.29) is 0 Å². The summed E-state index contributed by atoms with van der Waals surface area (Å²) < 4.78 is 0. The zero-order valence-corrected chi connectivity index (χ0v) is 11.1. The van der Waals surface area contributed by atoms with Gasteiger partial charge in [0.2, 0.25) is 0 Å². The third-order valence-corrected chi connectivity index (χ3v) is 4.26. The van der Waals surface area contributed by atoms with Gasteiger partial charge in [-0.1, -0.05) is 51.8 Å². The first-order valence-corrected chi connectivity index (χ1v) is 6.85. The van der Waals surface area contributed by atoms with Crippen molar-refractivity contribution in [2.75, 3.05) is 0 Å². The second-order valence-electron chi connectivity index (χ2n) is 3.27. The maximum Gasteiger partial charge on any atom is 0.0458 e. The molecule has 0 fully saturated rings. The van der Waals surface area contributed by atoms with Gasteiger partial charge in [0.25, 0.3) is 0 Å². The maximum atomic E-state index is 6.13. The molecule has 15 heavy (non-hydrogen) atoms. The standard InChI is InChI=1S/C12H10BrClS/c13-11(8-9-4-3-7-15-9)10-5-1-2-6-12(10)14/h1-7,11H,8H2. The molecule has 1 atom stereocenters. The number of benzene rings is 1. The molecule has 1 aromatic heterocycles. The summed E-state index contributed by atoms with van der Waals surface area (Å²) >= 11 is 11.6. The van der Waals surface area contributed by atoms with E-state index in [2.05, 4.69) is 39.5 Å². The molecule has 0 spiro atoms. The Morgan fingerprint density at radius 1 is 1.20 bits per heavy atom. The lowest BCUT2D eigenvalue weighted by atomic mass is 10.1. The van der Waals surface area contributed by atoms with Gasteiger partial charge in [-0.2, -0.15) is 0 Å². The summed E-state index contributed by atoms with van der Waals surface area (Å²) in [5.41, 5.74) is 1.16. The molecule has 1 heterocycles. The quantitative estimate of drug-likeness (QED) is 0.694. The van der Waals surface area contributed by atoms with Crippen molar-refractivity contribution in [3.05, 3.63) is 57.2 Å². The van der Waals surface area contributed by atoms with Crippen LogP contribution in [-0.4, -0.2) is 0 Å². The van der Waals surface area contributed by atoms with Gasteiger partial charge in [0.05, 0.1) is 0 Å². The fraction of sp³-hybridized carbons (Fsp3) is 0.167. The average Bonchev–Trinajstić information content (AvgIpc) is 2.71. The maximum absolute atomic E-state index is 6.13. The summed E-state index contributed by atoms with van der Waals surface area (Å²) in [6.45, 7) is 0. The van der Waals surface area contributed by atoms with Gasteiger partial charge in [-0.3, -0.25) is 0 Å². The molecule has 0 amide bonds. The number of rotatable bonds is 3. The molecule has 78 valence electrons. The van der Waals surface area contributed by atoms with Gasteiger partial charge in [-0.25, -0.2) is 0 Å². The second kappa shape index (κ2) is 5.15. The SMILES string of the molecule is Clc1ccccc1C(Br)Cc1cccs1. The Bertz CT molecular complexity index is 425. The molecule has 0 bridgehead atoms. The van der Waals surface area contributed by atoms with Crippen LogP contribution in [0, 0.1) is 0 Å². The van der Waals surface area contributed by atoms with E-state index in [1.54, 1.807) is 11.3 Å². The minimum Gasteiger partial charge on any atom is -0.149 e. The van der Waals surface area contributed by atoms with Crippen LogP contribution in [0.5, 0.6) is 0 Å². The first-order valence-electron chi connectivity index (χ1n) is 4.68. The summed E-state index contributed by atoms with van der Waals surface area (Å²) in [5, 5.41) is 2.93. The van der Waals surface area contributed by atoms with Gasteiger partial charge < -0.3 is 0 Å². The monoisotopic (exact) mass is 300 g/mol. The van der Waals surface area contributed by atoms with E-state index >= 15 is 0 Å².